The molecule has 9 heteroatoms. The molecule has 0 aliphatic carbocycles. The maximum atomic E-state index is 13.1. The van der Waals surface area contributed by atoms with Crippen LogP contribution in [0.4, 0.5) is 11.4 Å². The van der Waals surface area contributed by atoms with E-state index in [4.69, 9.17) is 4.74 Å². The van der Waals surface area contributed by atoms with Crippen molar-refractivity contribution in [2.75, 3.05) is 30.4 Å². The zero-order valence-corrected chi connectivity index (χ0v) is 19.0. The molecule has 1 N–H and O–H groups in total. The van der Waals surface area contributed by atoms with Crippen molar-refractivity contribution < 1.29 is 22.7 Å². The molecule has 2 saturated heterocycles. The third kappa shape index (κ3) is 4.22. The molecule has 2 fully saturated rings. The highest BCUT2D eigenvalue weighted by atomic mass is 32.2. The maximum Gasteiger partial charge on any atom is 0.243 e. The summed E-state index contributed by atoms with van der Waals surface area (Å²) in [6.45, 7) is 2.82. The van der Waals surface area contributed by atoms with Crippen molar-refractivity contribution in [2.45, 2.75) is 43.5 Å². The molecule has 2 aromatic carbocycles. The number of benzene rings is 2. The van der Waals surface area contributed by atoms with Gasteiger partial charge in [0.2, 0.25) is 21.8 Å². The van der Waals surface area contributed by atoms with Gasteiger partial charge in [0.05, 0.1) is 17.7 Å². The predicted molar refractivity (Wildman–Crippen MR) is 121 cm³/mol. The second-order valence-electron chi connectivity index (χ2n) is 8.11. The zero-order chi connectivity index (χ0) is 22.9. The Morgan fingerprint density at radius 3 is 2.50 bits per heavy atom. The van der Waals surface area contributed by atoms with Gasteiger partial charge >= 0.3 is 0 Å². The van der Waals surface area contributed by atoms with Crippen molar-refractivity contribution in [1.29, 1.82) is 0 Å². The van der Waals surface area contributed by atoms with Gasteiger partial charge in [0.1, 0.15) is 11.8 Å². The molecule has 2 aliphatic rings. The van der Waals surface area contributed by atoms with E-state index in [1.165, 1.54) is 11.4 Å². The molecule has 0 aromatic heterocycles. The summed E-state index contributed by atoms with van der Waals surface area (Å²) < 4.78 is 33.0. The topological polar surface area (TPSA) is 96.0 Å². The van der Waals surface area contributed by atoms with Crippen LogP contribution in [-0.4, -0.2) is 50.8 Å². The number of carbonyl (C=O) groups excluding carboxylic acids is 2. The van der Waals surface area contributed by atoms with Crippen molar-refractivity contribution in [1.82, 2.24) is 4.31 Å². The molecule has 0 unspecified atom stereocenters. The van der Waals surface area contributed by atoms with Gasteiger partial charge in [-0.05, 0) is 50.5 Å². The van der Waals surface area contributed by atoms with E-state index in [2.05, 4.69) is 5.32 Å². The van der Waals surface area contributed by atoms with E-state index in [0.717, 1.165) is 12.0 Å². The quantitative estimate of drug-likeness (QED) is 0.720. The highest BCUT2D eigenvalue weighted by Crippen LogP contribution is 2.34. The van der Waals surface area contributed by atoms with Crippen molar-refractivity contribution in [3.63, 3.8) is 0 Å². The number of hydrogen-bond acceptors (Lipinski definition) is 5. The average molecular weight is 458 g/mol. The van der Waals surface area contributed by atoms with E-state index < -0.39 is 16.1 Å². The van der Waals surface area contributed by atoms with Gasteiger partial charge in [-0.25, -0.2) is 8.42 Å². The standard InChI is InChI=1S/C23H27N3O5S/c1-16-7-10-18(11-8-16)32(29,30)26-14-3-5-20(26)23(28)24-17-9-12-19(21(15-17)31-2)25-13-4-6-22(25)27/h7-12,15,20H,3-6,13-14H2,1-2H3,(H,24,28)/t20-/m0/s1. The van der Waals surface area contributed by atoms with Gasteiger partial charge in [-0.3, -0.25) is 9.59 Å². The average Bonchev–Trinajstić information content (AvgIpc) is 3.43. The van der Waals surface area contributed by atoms with Crippen LogP contribution in [-0.2, 0) is 19.6 Å². The number of nitrogens with one attached hydrogen (secondary N) is 1. The number of nitrogens with zero attached hydrogens (tertiary/aromatic N) is 2. The fourth-order valence-electron chi connectivity index (χ4n) is 4.24. The summed E-state index contributed by atoms with van der Waals surface area (Å²) in [5.41, 5.74) is 2.12. The van der Waals surface area contributed by atoms with E-state index in [1.807, 2.05) is 6.92 Å². The number of carbonyl (C=O) groups is 2. The second kappa shape index (κ2) is 8.91. The Kier molecular flexibility index (Phi) is 6.21. The van der Waals surface area contributed by atoms with E-state index in [-0.39, 0.29) is 16.7 Å². The number of hydrogen-bond donors (Lipinski definition) is 1. The van der Waals surface area contributed by atoms with E-state index >= 15 is 0 Å². The fraction of sp³-hybridized carbons (Fsp3) is 0.391. The summed E-state index contributed by atoms with van der Waals surface area (Å²) in [7, 11) is -2.26. The Balaban J connectivity index is 1.53. The first-order valence-corrected chi connectivity index (χ1v) is 12.1. The molecule has 0 bridgehead atoms. The third-order valence-electron chi connectivity index (χ3n) is 5.95. The van der Waals surface area contributed by atoms with Crippen LogP contribution < -0.4 is 15.0 Å². The molecule has 0 radical (unpaired) electrons. The number of ether oxygens (including phenoxy) is 1. The number of methoxy groups -OCH3 is 1. The second-order valence-corrected chi connectivity index (χ2v) is 10.0. The smallest absolute Gasteiger partial charge is 0.243 e. The number of rotatable bonds is 6. The lowest BCUT2D eigenvalue weighted by atomic mass is 10.2. The molecule has 0 spiro atoms. The minimum atomic E-state index is -3.78. The van der Waals surface area contributed by atoms with Crippen LogP contribution in [0.2, 0.25) is 0 Å². The van der Waals surface area contributed by atoms with Gasteiger partial charge in [-0.1, -0.05) is 17.7 Å². The number of sulfonamides is 1. The first-order valence-electron chi connectivity index (χ1n) is 10.7. The third-order valence-corrected chi connectivity index (χ3v) is 7.87. The molecule has 2 aromatic rings. The first kappa shape index (κ1) is 22.3. The van der Waals surface area contributed by atoms with Gasteiger partial charge in [0, 0.05) is 31.3 Å². The van der Waals surface area contributed by atoms with Crippen LogP contribution >= 0.6 is 0 Å². The minimum absolute atomic E-state index is 0.0444. The number of amides is 2. The van der Waals surface area contributed by atoms with E-state index in [9.17, 15) is 18.0 Å². The number of anilines is 2. The SMILES string of the molecule is COc1cc(NC(=O)[C@@H]2CCCN2S(=O)(=O)c2ccc(C)cc2)ccc1N1CCCC1=O. The van der Waals surface area contributed by atoms with Crippen LogP contribution in [0.3, 0.4) is 0 Å². The van der Waals surface area contributed by atoms with Crippen LogP contribution in [0.1, 0.15) is 31.2 Å². The Morgan fingerprint density at radius 2 is 1.84 bits per heavy atom. The maximum absolute atomic E-state index is 13.1. The van der Waals surface area contributed by atoms with E-state index in [0.29, 0.717) is 49.5 Å². The minimum Gasteiger partial charge on any atom is -0.494 e. The Hall–Kier alpha value is -2.91. The molecule has 2 heterocycles. The molecule has 4 rings (SSSR count). The lowest BCUT2D eigenvalue weighted by molar-refractivity contribution is -0.119. The first-order chi connectivity index (χ1) is 15.3. The number of aryl methyl sites for hydroxylation is 1. The Morgan fingerprint density at radius 1 is 1.09 bits per heavy atom. The molecule has 1 atom stereocenters. The Bertz CT molecular complexity index is 1130. The summed E-state index contributed by atoms with van der Waals surface area (Å²) in [5, 5.41) is 2.82. The van der Waals surface area contributed by atoms with Gasteiger partial charge in [-0.15, -0.1) is 0 Å². The molecular formula is C23H27N3O5S. The molecule has 32 heavy (non-hydrogen) atoms. The highest BCUT2D eigenvalue weighted by Gasteiger charge is 2.39. The van der Waals surface area contributed by atoms with Crippen LogP contribution in [0, 0.1) is 6.92 Å². The lowest BCUT2D eigenvalue weighted by Gasteiger charge is -2.24. The van der Waals surface area contributed by atoms with Crippen molar-refractivity contribution in [3.8, 4) is 5.75 Å². The zero-order valence-electron chi connectivity index (χ0n) is 18.2. The van der Waals surface area contributed by atoms with E-state index in [1.54, 1.807) is 47.4 Å². The Labute approximate surface area is 188 Å². The lowest BCUT2D eigenvalue weighted by Crippen LogP contribution is -2.43. The molecule has 0 saturated carbocycles. The molecule has 170 valence electrons. The van der Waals surface area contributed by atoms with Crippen molar-refractivity contribution >= 4 is 33.2 Å². The largest absolute Gasteiger partial charge is 0.494 e. The summed E-state index contributed by atoms with van der Waals surface area (Å²) in [4.78, 5) is 27.0. The summed E-state index contributed by atoms with van der Waals surface area (Å²) >= 11 is 0. The summed E-state index contributed by atoms with van der Waals surface area (Å²) in [6, 6.07) is 11.0. The molecule has 2 aliphatic heterocycles. The molecular weight excluding hydrogens is 430 g/mol. The van der Waals surface area contributed by atoms with Gasteiger partial charge < -0.3 is 15.0 Å². The van der Waals surface area contributed by atoms with Gasteiger partial charge in [-0.2, -0.15) is 4.31 Å². The summed E-state index contributed by atoms with van der Waals surface area (Å²) in [6.07, 6.45) is 2.37. The van der Waals surface area contributed by atoms with Crippen molar-refractivity contribution in [2.24, 2.45) is 0 Å². The van der Waals surface area contributed by atoms with Crippen LogP contribution in [0.5, 0.6) is 5.75 Å². The van der Waals surface area contributed by atoms with Crippen LogP contribution in [0.25, 0.3) is 0 Å². The predicted octanol–water partition coefficient (Wildman–Crippen LogP) is 2.92. The normalized spacial score (nSPS) is 19.4. The molecule has 8 nitrogen and oxygen atoms in total. The molecule has 2 amide bonds. The van der Waals surface area contributed by atoms with Gasteiger partial charge in [0.25, 0.3) is 0 Å². The van der Waals surface area contributed by atoms with Gasteiger partial charge in [0.15, 0.2) is 0 Å². The highest BCUT2D eigenvalue weighted by molar-refractivity contribution is 7.89. The monoisotopic (exact) mass is 457 g/mol. The summed E-state index contributed by atoms with van der Waals surface area (Å²) in [5.74, 6) is 0.141. The van der Waals surface area contributed by atoms with Crippen molar-refractivity contribution in [3.05, 3.63) is 48.0 Å². The fourth-order valence-corrected chi connectivity index (χ4v) is 5.90. The van der Waals surface area contributed by atoms with Crippen LogP contribution in [0.15, 0.2) is 47.4 Å².